The molecule has 8 heteroatoms. The summed E-state index contributed by atoms with van der Waals surface area (Å²) in [6, 6.07) is 19.9. The minimum Gasteiger partial charge on any atom is -0.268 e. The van der Waals surface area contributed by atoms with Crippen LogP contribution >= 0.6 is 23.1 Å². The van der Waals surface area contributed by atoms with Gasteiger partial charge in [-0.05, 0) is 24.3 Å². The maximum absolute atomic E-state index is 14.6. The molecule has 0 atom stereocenters. The van der Waals surface area contributed by atoms with Crippen LogP contribution in [0.2, 0.25) is 0 Å². The van der Waals surface area contributed by atoms with Crippen molar-refractivity contribution in [3.05, 3.63) is 106 Å². The van der Waals surface area contributed by atoms with Crippen molar-refractivity contribution in [1.82, 2.24) is 14.5 Å². The van der Waals surface area contributed by atoms with Gasteiger partial charge in [-0.1, -0.05) is 54.2 Å². The highest BCUT2D eigenvalue weighted by Crippen LogP contribution is 2.29. The molecule has 4 nitrogen and oxygen atoms in total. The van der Waals surface area contributed by atoms with Gasteiger partial charge in [0, 0.05) is 22.8 Å². The van der Waals surface area contributed by atoms with Crippen molar-refractivity contribution in [3.63, 3.8) is 0 Å². The van der Waals surface area contributed by atoms with Crippen LogP contribution in [0.5, 0.6) is 0 Å². The van der Waals surface area contributed by atoms with Crippen LogP contribution in [0.3, 0.4) is 0 Å². The van der Waals surface area contributed by atoms with E-state index in [1.165, 1.54) is 33.7 Å². The zero-order valence-electron chi connectivity index (χ0n) is 16.5. The van der Waals surface area contributed by atoms with Crippen LogP contribution < -0.4 is 5.56 Å². The van der Waals surface area contributed by atoms with Crippen molar-refractivity contribution in [2.45, 2.75) is 10.9 Å². The molecule has 5 rings (SSSR count). The summed E-state index contributed by atoms with van der Waals surface area (Å²) in [4.78, 5) is 22.5. The van der Waals surface area contributed by atoms with E-state index < -0.39 is 17.2 Å². The van der Waals surface area contributed by atoms with Gasteiger partial charge in [-0.3, -0.25) is 9.36 Å². The second kappa shape index (κ2) is 8.64. The van der Waals surface area contributed by atoms with Gasteiger partial charge in [-0.25, -0.2) is 18.7 Å². The maximum Gasteiger partial charge on any atom is 0.266 e. The summed E-state index contributed by atoms with van der Waals surface area (Å²) >= 11 is 2.81. The smallest absolute Gasteiger partial charge is 0.266 e. The van der Waals surface area contributed by atoms with E-state index in [2.05, 4.69) is 9.97 Å². The van der Waals surface area contributed by atoms with Crippen molar-refractivity contribution in [2.24, 2.45) is 0 Å². The molecule has 0 aliphatic carbocycles. The topological polar surface area (TPSA) is 47.8 Å². The highest BCUT2D eigenvalue weighted by molar-refractivity contribution is 7.98. The van der Waals surface area contributed by atoms with Crippen molar-refractivity contribution in [2.75, 3.05) is 0 Å². The van der Waals surface area contributed by atoms with Crippen LogP contribution in [0.15, 0.2) is 88.1 Å². The van der Waals surface area contributed by atoms with Crippen molar-refractivity contribution < 1.29 is 8.78 Å². The van der Waals surface area contributed by atoms with Crippen LogP contribution in [0.25, 0.3) is 27.2 Å². The van der Waals surface area contributed by atoms with Gasteiger partial charge in [0.2, 0.25) is 0 Å². The van der Waals surface area contributed by atoms with Crippen LogP contribution in [0, 0.1) is 11.6 Å². The molecule has 0 N–H and O–H groups in total. The fourth-order valence-corrected chi connectivity index (χ4v) is 5.14. The molecule has 0 aliphatic rings. The van der Waals surface area contributed by atoms with Gasteiger partial charge >= 0.3 is 0 Å². The third kappa shape index (κ3) is 3.94. The Kier molecular flexibility index (Phi) is 5.55. The number of benzene rings is 3. The molecular formula is C24H15F2N3OS2. The predicted octanol–water partition coefficient (Wildman–Crippen LogP) is 6.08. The summed E-state index contributed by atoms with van der Waals surface area (Å²) in [7, 11) is 0. The van der Waals surface area contributed by atoms with Gasteiger partial charge in [0.25, 0.3) is 5.56 Å². The van der Waals surface area contributed by atoms with Gasteiger partial charge < -0.3 is 0 Å². The first-order valence-corrected chi connectivity index (χ1v) is 11.6. The molecule has 0 fully saturated rings. The van der Waals surface area contributed by atoms with E-state index in [0.717, 1.165) is 28.4 Å². The Morgan fingerprint density at radius 3 is 2.53 bits per heavy atom. The molecule has 0 bridgehead atoms. The van der Waals surface area contributed by atoms with Gasteiger partial charge in [0.15, 0.2) is 5.16 Å². The SMILES string of the molecule is O=c1c2ccccc2nc(SCc2csc(-c3ccccc3)n2)n1-c1ccc(F)cc1F. The van der Waals surface area contributed by atoms with Crippen molar-refractivity contribution in [1.29, 1.82) is 0 Å². The van der Waals surface area contributed by atoms with Crippen molar-refractivity contribution >= 4 is 34.0 Å². The third-order valence-corrected chi connectivity index (χ3v) is 6.73. The summed E-state index contributed by atoms with van der Waals surface area (Å²) in [5.41, 5.74) is 1.92. The minimum absolute atomic E-state index is 0.0413. The molecule has 5 aromatic rings. The quantitative estimate of drug-likeness (QED) is 0.234. The lowest BCUT2D eigenvalue weighted by molar-refractivity contribution is 0.572. The second-order valence-electron chi connectivity index (χ2n) is 6.95. The van der Waals surface area contributed by atoms with E-state index in [-0.39, 0.29) is 5.69 Å². The van der Waals surface area contributed by atoms with E-state index in [9.17, 15) is 13.6 Å². The normalized spacial score (nSPS) is 11.2. The average Bonchev–Trinajstić information content (AvgIpc) is 3.28. The largest absolute Gasteiger partial charge is 0.268 e. The predicted molar refractivity (Wildman–Crippen MR) is 124 cm³/mol. The summed E-state index contributed by atoms with van der Waals surface area (Å²) < 4.78 is 29.3. The minimum atomic E-state index is -0.828. The van der Waals surface area contributed by atoms with E-state index in [1.807, 2.05) is 35.7 Å². The van der Waals surface area contributed by atoms with Gasteiger partial charge in [0.1, 0.15) is 16.6 Å². The van der Waals surface area contributed by atoms with Crippen LogP contribution in [0.1, 0.15) is 5.69 Å². The third-order valence-electron chi connectivity index (χ3n) is 4.82. The molecule has 0 aliphatic heterocycles. The molecule has 2 heterocycles. The molecule has 0 spiro atoms. The van der Waals surface area contributed by atoms with E-state index >= 15 is 0 Å². The monoisotopic (exact) mass is 463 g/mol. The number of thiazole rings is 1. The number of halogens is 2. The highest BCUT2D eigenvalue weighted by atomic mass is 32.2. The Balaban J connectivity index is 1.55. The summed E-state index contributed by atoms with van der Waals surface area (Å²) in [5.74, 6) is -1.10. The molecule has 0 radical (unpaired) electrons. The maximum atomic E-state index is 14.6. The number of hydrogen-bond acceptors (Lipinski definition) is 5. The number of thioether (sulfide) groups is 1. The lowest BCUT2D eigenvalue weighted by atomic mass is 10.2. The summed E-state index contributed by atoms with van der Waals surface area (Å²) in [6.07, 6.45) is 0. The van der Waals surface area contributed by atoms with Crippen LogP contribution in [-0.4, -0.2) is 14.5 Å². The van der Waals surface area contributed by atoms with Crippen molar-refractivity contribution in [3.8, 4) is 16.3 Å². The first kappa shape index (κ1) is 20.5. The average molecular weight is 464 g/mol. The lowest BCUT2D eigenvalue weighted by Gasteiger charge is -2.13. The zero-order valence-corrected chi connectivity index (χ0v) is 18.2. The number of nitrogens with zero attached hydrogens (tertiary/aromatic N) is 3. The first-order valence-electron chi connectivity index (χ1n) is 9.70. The summed E-state index contributed by atoms with van der Waals surface area (Å²) in [6.45, 7) is 0. The first-order chi connectivity index (χ1) is 15.6. The fraction of sp³-hybridized carbons (Fsp3) is 0.0417. The number of fused-ring (bicyclic) bond motifs is 1. The molecule has 32 heavy (non-hydrogen) atoms. The Hall–Kier alpha value is -3.36. The molecule has 0 saturated carbocycles. The van der Waals surface area contributed by atoms with Crippen LogP contribution in [0.4, 0.5) is 8.78 Å². The number of para-hydroxylation sites is 1. The number of hydrogen-bond donors (Lipinski definition) is 0. The Bertz CT molecular complexity index is 1480. The molecule has 0 unspecified atom stereocenters. The Morgan fingerprint density at radius 1 is 0.938 bits per heavy atom. The molecular weight excluding hydrogens is 448 g/mol. The fourth-order valence-electron chi connectivity index (χ4n) is 3.31. The molecule has 0 amide bonds. The molecule has 3 aromatic carbocycles. The van der Waals surface area contributed by atoms with E-state index in [4.69, 9.17) is 0 Å². The number of aromatic nitrogens is 3. The highest BCUT2D eigenvalue weighted by Gasteiger charge is 2.17. The molecule has 158 valence electrons. The van der Waals surface area contributed by atoms with Crippen LogP contribution in [-0.2, 0) is 5.75 Å². The lowest BCUT2D eigenvalue weighted by Crippen LogP contribution is -2.22. The zero-order chi connectivity index (χ0) is 22.1. The molecule has 2 aromatic heterocycles. The number of rotatable bonds is 5. The standard InChI is InChI=1S/C24H15F2N3OS2/c25-16-10-11-21(19(26)12-16)29-23(30)18-8-4-5-9-20(18)28-24(29)32-14-17-13-31-22(27-17)15-6-2-1-3-7-15/h1-13H,14H2. The Labute approximate surface area is 190 Å². The van der Waals surface area contributed by atoms with Gasteiger partial charge in [0.05, 0.1) is 22.3 Å². The van der Waals surface area contributed by atoms with E-state index in [1.54, 1.807) is 24.3 Å². The van der Waals surface area contributed by atoms with Gasteiger partial charge in [-0.15, -0.1) is 11.3 Å². The Morgan fingerprint density at radius 2 is 1.72 bits per heavy atom. The van der Waals surface area contributed by atoms with E-state index in [0.29, 0.717) is 21.8 Å². The van der Waals surface area contributed by atoms with Gasteiger partial charge in [-0.2, -0.15) is 0 Å². The molecule has 0 saturated heterocycles. The summed E-state index contributed by atoms with van der Waals surface area (Å²) in [5, 5.41) is 3.53. The second-order valence-corrected chi connectivity index (χ2v) is 8.75.